The second-order valence-corrected chi connectivity index (χ2v) is 7.39. The molecule has 0 fully saturated rings. The Hall–Kier alpha value is -2.24. The molecule has 2 aromatic carbocycles. The Morgan fingerprint density at radius 1 is 1.00 bits per heavy atom. The van der Waals surface area contributed by atoms with Gasteiger partial charge in [0.2, 0.25) is 10.0 Å². The van der Waals surface area contributed by atoms with E-state index in [9.17, 15) is 8.42 Å². The summed E-state index contributed by atoms with van der Waals surface area (Å²) in [6.07, 6.45) is 1.60. The number of rotatable bonds is 4. The van der Waals surface area contributed by atoms with Gasteiger partial charge in [-0.05, 0) is 31.5 Å². The molecule has 0 amide bonds. The van der Waals surface area contributed by atoms with Gasteiger partial charge in [0, 0.05) is 18.1 Å². The van der Waals surface area contributed by atoms with Crippen LogP contribution >= 0.6 is 0 Å². The summed E-state index contributed by atoms with van der Waals surface area (Å²) >= 11 is 0. The fourth-order valence-corrected chi connectivity index (χ4v) is 3.92. The van der Waals surface area contributed by atoms with Crippen molar-refractivity contribution in [1.82, 2.24) is 9.71 Å². The minimum atomic E-state index is -3.62. The summed E-state index contributed by atoms with van der Waals surface area (Å²) in [7, 11) is -3.62. The number of para-hydroxylation sites is 1. The number of hydrogen-bond donors (Lipinski definition) is 1. The van der Waals surface area contributed by atoms with Gasteiger partial charge in [0.15, 0.2) is 0 Å². The number of hydrogen-bond acceptors (Lipinski definition) is 3. The molecule has 0 aliphatic rings. The Balaban J connectivity index is 1.92. The van der Waals surface area contributed by atoms with Crippen molar-refractivity contribution in [2.75, 3.05) is 0 Å². The highest BCUT2D eigenvalue weighted by molar-refractivity contribution is 7.89. The fourth-order valence-electron chi connectivity index (χ4n) is 2.72. The summed E-state index contributed by atoms with van der Waals surface area (Å²) in [4.78, 5) is 4.42. The fraction of sp³-hybridized carbons (Fsp3) is 0.167. The quantitative estimate of drug-likeness (QED) is 0.800. The topological polar surface area (TPSA) is 59.1 Å². The molecule has 0 bridgehead atoms. The lowest BCUT2D eigenvalue weighted by Crippen LogP contribution is -2.23. The third-order valence-corrected chi connectivity index (χ3v) is 5.07. The third kappa shape index (κ3) is 3.41. The SMILES string of the molecule is Cc1cc(C)cc(CNS(=O)(=O)c2cccc3cccnc23)c1. The second kappa shape index (κ2) is 6.10. The highest BCUT2D eigenvalue weighted by Gasteiger charge is 2.17. The predicted octanol–water partition coefficient (Wildman–Crippen LogP) is 3.33. The number of sulfonamides is 1. The molecule has 0 saturated carbocycles. The van der Waals surface area contributed by atoms with Crippen LogP contribution in [0.4, 0.5) is 0 Å². The van der Waals surface area contributed by atoms with Gasteiger partial charge >= 0.3 is 0 Å². The largest absolute Gasteiger partial charge is 0.255 e. The Bertz CT molecular complexity index is 940. The number of benzene rings is 2. The number of nitrogens with zero attached hydrogens (tertiary/aromatic N) is 1. The zero-order chi connectivity index (χ0) is 16.4. The Kier molecular flexibility index (Phi) is 4.15. The van der Waals surface area contributed by atoms with E-state index in [2.05, 4.69) is 15.8 Å². The van der Waals surface area contributed by atoms with Gasteiger partial charge in [-0.3, -0.25) is 4.98 Å². The average molecular weight is 326 g/mol. The monoisotopic (exact) mass is 326 g/mol. The van der Waals surface area contributed by atoms with E-state index in [0.29, 0.717) is 5.52 Å². The molecular weight excluding hydrogens is 308 g/mol. The molecule has 0 aliphatic carbocycles. The van der Waals surface area contributed by atoms with Gasteiger partial charge < -0.3 is 0 Å². The standard InChI is InChI=1S/C18H18N2O2S/c1-13-9-14(2)11-15(10-13)12-20-23(21,22)17-7-3-5-16-6-4-8-19-18(16)17/h3-11,20H,12H2,1-2H3. The molecule has 1 aromatic heterocycles. The minimum Gasteiger partial charge on any atom is -0.255 e. The highest BCUT2D eigenvalue weighted by atomic mass is 32.2. The van der Waals surface area contributed by atoms with Crippen LogP contribution in [0.1, 0.15) is 16.7 Å². The van der Waals surface area contributed by atoms with E-state index in [1.807, 2.05) is 38.1 Å². The lowest BCUT2D eigenvalue weighted by molar-refractivity contribution is 0.582. The maximum atomic E-state index is 12.6. The molecule has 5 heteroatoms. The van der Waals surface area contributed by atoms with Gasteiger partial charge in [-0.15, -0.1) is 0 Å². The first-order valence-electron chi connectivity index (χ1n) is 7.36. The molecule has 0 aliphatic heterocycles. The second-order valence-electron chi connectivity index (χ2n) is 5.65. The normalized spacial score (nSPS) is 11.7. The van der Waals surface area contributed by atoms with Crippen molar-refractivity contribution < 1.29 is 8.42 Å². The van der Waals surface area contributed by atoms with E-state index in [0.717, 1.165) is 22.1 Å². The van der Waals surface area contributed by atoms with Gasteiger partial charge in [-0.1, -0.05) is 47.5 Å². The van der Waals surface area contributed by atoms with Gasteiger partial charge in [0.1, 0.15) is 4.90 Å². The van der Waals surface area contributed by atoms with Crippen LogP contribution in [0.5, 0.6) is 0 Å². The third-order valence-electron chi connectivity index (χ3n) is 3.63. The molecule has 0 unspecified atom stereocenters. The smallest absolute Gasteiger partial charge is 0.243 e. The summed E-state index contributed by atoms with van der Waals surface area (Å²) in [6, 6.07) is 14.8. The molecule has 1 heterocycles. The predicted molar refractivity (Wildman–Crippen MR) is 91.7 cm³/mol. The van der Waals surface area contributed by atoms with Crippen molar-refractivity contribution in [2.45, 2.75) is 25.3 Å². The Morgan fingerprint density at radius 3 is 2.43 bits per heavy atom. The van der Waals surface area contributed by atoms with Crippen molar-refractivity contribution in [3.05, 3.63) is 71.4 Å². The van der Waals surface area contributed by atoms with Gasteiger partial charge in [-0.25, -0.2) is 13.1 Å². The van der Waals surface area contributed by atoms with Gasteiger partial charge in [0.25, 0.3) is 0 Å². The minimum absolute atomic E-state index is 0.208. The van der Waals surface area contributed by atoms with E-state index in [1.165, 1.54) is 0 Å². The van der Waals surface area contributed by atoms with Crippen molar-refractivity contribution in [3.8, 4) is 0 Å². The van der Waals surface area contributed by atoms with Crippen LogP contribution in [0.3, 0.4) is 0 Å². The Morgan fingerprint density at radius 2 is 1.70 bits per heavy atom. The van der Waals surface area contributed by atoms with E-state index in [-0.39, 0.29) is 11.4 Å². The van der Waals surface area contributed by atoms with Crippen LogP contribution in [0.25, 0.3) is 10.9 Å². The van der Waals surface area contributed by atoms with Crippen LogP contribution < -0.4 is 4.72 Å². The summed E-state index contributed by atoms with van der Waals surface area (Å²) < 4.78 is 27.9. The summed E-state index contributed by atoms with van der Waals surface area (Å²) in [6.45, 7) is 4.26. The molecular formula is C18H18N2O2S. The van der Waals surface area contributed by atoms with E-state index < -0.39 is 10.0 Å². The molecule has 4 nitrogen and oxygen atoms in total. The van der Waals surface area contributed by atoms with E-state index >= 15 is 0 Å². The highest BCUT2D eigenvalue weighted by Crippen LogP contribution is 2.20. The van der Waals surface area contributed by atoms with Crippen LogP contribution in [0.15, 0.2) is 59.6 Å². The maximum absolute atomic E-state index is 12.6. The van der Waals surface area contributed by atoms with E-state index in [4.69, 9.17) is 0 Å². The number of aromatic nitrogens is 1. The molecule has 0 spiro atoms. The number of fused-ring (bicyclic) bond motifs is 1. The van der Waals surface area contributed by atoms with Crippen molar-refractivity contribution in [3.63, 3.8) is 0 Å². The van der Waals surface area contributed by atoms with E-state index in [1.54, 1.807) is 24.4 Å². The van der Waals surface area contributed by atoms with Crippen LogP contribution in [0.2, 0.25) is 0 Å². The van der Waals surface area contributed by atoms with Gasteiger partial charge in [-0.2, -0.15) is 0 Å². The summed E-state index contributed by atoms with van der Waals surface area (Å²) in [5.74, 6) is 0. The summed E-state index contributed by atoms with van der Waals surface area (Å²) in [5.41, 5.74) is 3.67. The van der Waals surface area contributed by atoms with Crippen LogP contribution in [-0.4, -0.2) is 13.4 Å². The van der Waals surface area contributed by atoms with Crippen LogP contribution in [-0.2, 0) is 16.6 Å². The first-order valence-corrected chi connectivity index (χ1v) is 8.85. The lowest BCUT2D eigenvalue weighted by Gasteiger charge is -2.10. The zero-order valence-corrected chi connectivity index (χ0v) is 13.9. The first-order chi connectivity index (χ1) is 11.0. The zero-order valence-electron chi connectivity index (χ0n) is 13.1. The van der Waals surface area contributed by atoms with Crippen molar-refractivity contribution >= 4 is 20.9 Å². The molecule has 0 atom stereocenters. The number of aryl methyl sites for hydroxylation is 2. The lowest BCUT2D eigenvalue weighted by atomic mass is 10.1. The molecule has 23 heavy (non-hydrogen) atoms. The molecule has 3 rings (SSSR count). The van der Waals surface area contributed by atoms with Crippen molar-refractivity contribution in [1.29, 1.82) is 0 Å². The van der Waals surface area contributed by atoms with Gasteiger partial charge in [0.05, 0.1) is 5.52 Å². The van der Waals surface area contributed by atoms with Crippen molar-refractivity contribution in [2.24, 2.45) is 0 Å². The maximum Gasteiger partial charge on any atom is 0.243 e. The number of nitrogens with one attached hydrogen (secondary N) is 1. The van der Waals surface area contributed by atoms with Crippen LogP contribution in [0, 0.1) is 13.8 Å². The average Bonchev–Trinajstić information content (AvgIpc) is 2.52. The molecule has 118 valence electrons. The first kappa shape index (κ1) is 15.6. The summed E-state index contributed by atoms with van der Waals surface area (Å²) in [5, 5.41) is 0.807. The molecule has 0 saturated heterocycles. The Labute approximate surface area is 136 Å². The molecule has 0 radical (unpaired) electrons. The molecule has 1 N–H and O–H groups in total. The number of pyridine rings is 1. The molecule has 3 aromatic rings.